The molecule has 0 radical (unpaired) electrons. The van der Waals surface area contributed by atoms with Gasteiger partial charge in [-0.3, -0.25) is 9.59 Å². The zero-order valence-corrected chi connectivity index (χ0v) is 9.79. The topological polar surface area (TPSA) is 58.2 Å². The molecule has 2 atom stereocenters. The van der Waals surface area contributed by atoms with E-state index in [1.54, 1.807) is 0 Å². The Morgan fingerprint density at radius 2 is 1.56 bits per heavy atom. The second-order valence-corrected chi connectivity index (χ2v) is 5.09. The third-order valence-corrected chi connectivity index (χ3v) is 3.55. The number of carbonyl (C=O) groups is 2. The number of rotatable bonds is 2. The van der Waals surface area contributed by atoms with Gasteiger partial charge in [0.2, 0.25) is 0 Å². The molecule has 2 aliphatic carbocycles. The van der Waals surface area contributed by atoms with Crippen LogP contribution in [0.5, 0.6) is 0 Å². The summed E-state index contributed by atoms with van der Waals surface area (Å²) in [6.45, 7) is 2.14. The van der Waals surface area contributed by atoms with Crippen molar-refractivity contribution in [1.82, 2.24) is 10.6 Å². The van der Waals surface area contributed by atoms with Crippen LogP contribution in [0.15, 0.2) is 0 Å². The van der Waals surface area contributed by atoms with Crippen LogP contribution in [0.25, 0.3) is 0 Å². The van der Waals surface area contributed by atoms with Gasteiger partial charge in [0, 0.05) is 12.1 Å². The first-order valence-electron chi connectivity index (χ1n) is 6.28. The van der Waals surface area contributed by atoms with Crippen molar-refractivity contribution in [3.63, 3.8) is 0 Å². The van der Waals surface area contributed by atoms with E-state index in [1.165, 1.54) is 6.42 Å². The molecule has 0 aromatic heterocycles. The lowest BCUT2D eigenvalue weighted by atomic mass is 9.86. The Morgan fingerprint density at radius 1 is 0.938 bits per heavy atom. The van der Waals surface area contributed by atoms with E-state index >= 15 is 0 Å². The fraction of sp³-hybridized carbons (Fsp3) is 0.833. The first-order chi connectivity index (χ1) is 7.66. The lowest BCUT2D eigenvalue weighted by Crippen LogP contribution is -2.48. The van der Waals surface area contributed by atoms with Gasteiger partial charge in [0.25, 0.3) is 0 Å². The van der Waals surface area contributed by atoms with Crippen molar-refractivity contribution >= 4 is 11.8 Å². The van der Waals surface area contributed by atoms with Crippen LogP contribution in [0, 0.1) is 5.92 Å². The molecule has 0 heterocycles. The molecular weight excluding hydrogens is 204 g/mol. The van der Waals surface area contributed by atoms with Crippen molar-refractivity contribution in [2.75, 3.05) is 0 Å². The highest BCUT2D eigenvalue weighted by molar-refractivity contribution is 6.35. The van der Waals surface area contributed by atoms with E-state index in [9.17, 15) is 9.59 Å². The molecule has 0 aromatic rings. The van der Waals surface area contributed by atoms with Gasteiger partial charge in [-0.25, -0.2) is 0 Å². The Labute approximate surface area is 96.2 Å². The molecule has 0 saturated heterocycles. The highest BCUT2D eigenvalue weighted by atomic mass is 16.2. The Bertz CT molecular complexity index is 287. The maximum absolute atomic E-state index is 11.6. The monoisotopic (exact) mass is 224 g/mol. The first-order valence-corrected chi connectivity index (χ1v) is 6.28. The maximum atomic E-state index is 11.6. The molecule has 90 valence electrons. The van der Waals surface area contributed by atoms with E-state index in [-0.39, 0.29) is 12.1 Å². The molecule has 2 fully saturated rings. The number of nitrogens with one attached hydrogen (secondary N) is 2. The molecule has 2 aliphatic rings. The molecule has 4 nitrogen and oxygen atoms in total. The molecule has 4 heteroatoms. The summed E-state index contributed by atoms with van der Waals surface area (Å²) in [5.74, 6) is -0.419. The molecule has 0 bridgehead atoms. The quantitative estimate of drug-likeness (QED) is 0.686. The molecule has 2 amide bonds. The second kappa shape index (κ2) is 4.85. The minimum absolute atomic E-state index is 0.186. The maximum Gasteiger partial charge on any atom is 0.309 e. The standard InChI is InChI=1S/C12H20N2O2/c1-8-4-2-3-5-10(8)14-12(16)11(15)13-9-6-7-9/h8-10H,2-7H2,1H3,(H,13,15)(H,14,16)/t8-,10+/m0/s1. The van der Waals surface area contributed by atoms with Crippen molar-refractivity contribution in [2.24, 2.45) is 5.92 Å². The van der Waals surface area contributed by atoms with Crippen LogP contribution < -0.4 is 10.6 Å². The van der Waals surface area contributed by atoms with Crippen LogP contribution in [0.2, 0.25) is 0 Å². The van der Waals surface area contributed by atoms with Crippen molar-refractivity contribution in [2.45, 2.75) is 57.5 Å². The Morgan fingerprint density at radius 3 is 2.19 bits per heavy atom. The van der Waals surface area contributed by atoms with Crippen molar-refractivity contribution < 1.29 is 9.59 Å². The molecule has 0 aliphatic heterocycles. The molecular formula is C12H20N2O2. The average molecular weight is 224 g/mol. The lowest BCUT2D eigenvalue weighted by Gasteiger charge is -2.29. The summed E-state index contributed by atoms with van der Waals surface area (Å²) in [6.07, 6.45) is 6.57. The summed E-state index contributed by atoms with van der Waals surface area (Å²) in [6, 6.07) is 0.438. The van der Waals surface area contributed by atoms with Gasteiger partial charge in [-0.05, 0) is 31.6 Å². The van der Waals surface area contributed by atoms with E-state index in [0.717, 1.165) is 32.1 Å². The summed E-state index contributed by atoms with van der Waals surface area (Å²) in [7, 11) is 0. The van der Waals surface area contributed by atoms with E-state index < -0.39 is 11.8 Å². The molecule has 0 aromatic carbocycles. The summed E-state index contributed by atoms with van der Waals surface area (Å²) in [5, 5.41) is 5.56. The van der Waals surface area contributed by atoms with Crippen LogP contribution in [-0.4, -0.2) is 23.9 Å². The van der Waals surface area contributed by atoms with Gasteiger partial charge in [-0.2, -0.15) is 0 Å². The van der Waals surface area contributed by atoms with Crippen LogP contribution in [-0.2, 0) is 9.59 Å². The van der Waals surface area contributed by atoms with Gasteiger partial charge in [0.1, 0.15) is 0 Å². The van der Waals surface area contributed by atoms with Gasteiger partial charge in [-0.1, -0.05) is 19.8 Å². The lowest BCUT2D eigenvalue weighted by molar-refractivity contribution is -0.140. The third kappa shape index (κ3) is 2.97. The Balaban J connectivity index is 1.78. The van der Waals surface area contributed by atoms with Gasteiger partial charge in [0.05, 0.1) is 0 Å². The predicted octanol–water partition coefficient (Wildman–Crippen LogP) is 0.960. The van der Waals surface area contributed by atoms with Crippen molar-refractivity contribution in [1.29, 1.82) is 0 Å². The van der Waals surface area contributed by atoms with E-state index in [2.05, 4.69) is 17.6 Å². The number of carbonyl (C=O) groups excluding carboxylic acids is 2. The van der Waals surface area contributed by atoms with Crippen LogP contribution in [0.4, 0.5) is 0 Å². The minimum Gasteiger partial charge on any atom is -0.345 e. The van der Waals surface area contributed by atoms with Gasteiger partial charge >= 0.3 is 11.8 Å². The summed E-state index contributed by atoms with van der Waals surface area (Å²) >= 11 is 0. The second-order valence-electron chi connectivity index (χ2n) is 5.09. The summed E-state index contributed by atoms with van der Waals surface area (Å²) in [5.41, 5.74) is 0. The van der Waals surface area contributed by atoms with Gasteiger partial charge in [-0.15, -0.1) is 0 Å². The van der Waals surface area contributed by atoms with Crippen molar-refractivity contribution in [3.05, 3.63) is 0 Å². The third-order valence-electron chi connectivity index (χ3n) is 3.55. The van der Waals surface area contributed by atoms with Crippen LogP contribution in [0.3, 0.4) is 0 Å². The van der Waals surface area contributed by atoms with Gasteiger partial charge in [0.15, 0.2) is 0 Å². The van der Waals surface area contributed by atoms with E-state index in [1.807, 2.05) is 0 Å². The van der Waals surface area contributed by atoms with Gasteiger partial charge < -0.3 is 10.6 Å². The Hall–Kier alpha value is -1.06. The van der Waals surface area contributed by atoms with E-state index in [4.69, 9.17) is 0 Å². The highest BCUT2D eigenvalue weighted by Gasteiger charge is 2.29. The number of hydrogen-bond donors (Lipinski definition) is 2. The molecule has 2 saturated carbocycles. The highest BCUT2D eigenvalue weighted by Crippen LogP contribution is 2.23. The molecule has 2 N–H and O–H groups in total. The normalized spacial score (nSPS) is 29.6. The van der Waals surface area contributed by atoms with Crippen molar-refractivity contribution in [3.8, 4) is 0 Å². The first kappa shape index (κ1) is 11.4. The minimum atomic E-state index is -0.458. The zero-order valence-electron chi connectivity index (χ0n) is 9.79. The fourth-order valence-corrected chi connectivity index (χ4v) is 2.24. The molecule has 0 spiro atoms. The summed E-state index contributed by atoms with van der Waals surface area (Å²) in [4.78, 5) is 23.0. The molecule has 16 heavy (non-hydrogen) atoms. The largest absolute Gasteiger partial charge is 0.345 e. The molecule has 0 unspecified atom stereocenters. The van der Waals surface area contributed by atoms with Crippen LogP contribution >= 0.6 is 0 Å². The predicted molar refractivity (Wildman–Crippen MR) is 60.7 cm³/mol. The summed E-state index contributed by atoms with van der Waals surface area (Å²) < 4.78 is 0. The fourth-order valence-electron chi connectivity index (χ4n) is 2.24. The number of hydrogen-bond acceptors (Lipinski definition) is 2. The molecule has 2 rings (SSSR count). The smallest absolute Gasteiger partial charge is 0.309 e. The number of amides is 2. The zero-order chi connectivity index (χ0) is 11.5. The average Bonchev–Trinajstić information content (AvgIpc) is 3.05. The van der Waals surface area contributed by atoms with Crippen LogP contribution in [0.1, 0.15) is 45.4 Å². The SMILES string of the molecule is C[C@H]1CCCC[C@H]1NC(=O)C(=O)NC1CC1. The van der Waals surface area contributed by atoms with E-state index in [0.29, 0.717) is 5.92 Å². The Kier molecular flexibility index (Phi) is 3.46.